The van der Waals surface area contributed by atoms with Crippen molar-refractivity contribution in [1.29, 1.82) is 0 Å². The summed E-state index contributed by atoms with van der Waals surface area (Å²) in [6.07, 6.45) is 4.70. The zero-order chi connectivity index (χ0) is 19.3. The lowest BCUT2D eigenvalue weighted by atomic mass is 10.0. The van der Waals surface area contributed by atoms with E-state index < -0.39 is 0 Å². The maximum Gasteiger partial charge on any atom is 0.253 e. The number of rotatable bonds is 7. The molecule has 0 saturated heterocycles. The molecule has 0 fully saturated rings. The van der Waals surface area contributed by atoms with Gasteiger partial charge in [-0.3, -0.25) is 4.79 Å². The van der Waals surface area contributed by atoms with Crippen LogP contribution in [0.15, 0.2) is 72.2 Å². The molecule has 2 rings (SSSR count). The van der Waals surface area contributed by atoms with Crippen molar-refractivity contribution in [2.45, 2.75) is 32.9 Å². The first-order valence-corrected chi connectivity index (χ1v) is 8.71. The second-order valence-corrected chi connectivity index (χ2v) is 6.40. The van der Waals surface area contributed by atoms with Gasteiger partial charge in [-0.05, 0) is 37.1 Å². The highest BCUT2D eigenvalue weighted by Gasteiger charge is 2.23. The largest absolute Gasteiger partial charge is 0.508 e. The van der Waals surface area contributed by atoms with Crippen molar-refractivity contribution in [3.05, 3.63) is 77.8 Å². The zero-order valence-electron chi connectivity index (χ0n) is 15.7. The van der Waals surface area contributed by atoms with Gasteiger partial charge in [0.25, 0.3) is 5.91 Å². The Morgan fingerprint density at radius 1 is 1.38 bits per heavy atom. The number of aromatic hydroxyl groups is 1. The number of likely N-dealkylation sites (N-methyl/N-ethyl adjacent to an activating group) is 1. The van der Waals surface area contributed by atoms with E-state index in [1.807, 2.05) is 17.2 Å². The van der Waals surface area contributed by atoms with Gasteiger partial charge in [-0.25, -0.2) is 0 Å². The molecular formula is C21H27N3O2. The molecule has 0 radical (unpaired) electrons. The number of benzene rings is 1. The SMILES string of the molecule is C=C(NC(C)CC)C1=CN(Cc2cccc(O)c2)C(=C)C(C(=O)NC)=C1. The van der Waals surface area contributed by atoms with Crippen molar-refractivity contribution in [1.82, 2.24) is 15.5 Å². The maximum atomic E-state index is 12.3. The Hall–Kier alpha value is -2.95. The van der Waals surface area contributed by atoms with Crippen LogP contribution < -0.4 is 10.6 Å². The monoisotopic (exact) mass is 353 g/mol. The Labute approximate surface area is 155 Å². The molecule has 138 valence electrons. The lowest BCUT2D eigenvalue weighted by Crippen LogP contribution is -2.31. The molecule has 1 aromatic rings. The van der Waals surface area contributed by atoms with Crippen LogP contribution in [0.1, 0.15) is 25.8 Å². The van der Waals surface area contributed by atoms with Gasteiger partial charge in [0.1, 0.15) is 5.75 Å². The molecule has 1 unspecified atom stereocenters. The minimum Gasteiger partial charge on any atom is -0.508 e. The van der Waals surface area contributed by atoms with Gasteiger partial charge in [0, 0.05) is 42.8 Å². The van der Waals surface area contributed by atoms with Crippen molar-refractivity contribution in [3.8, 4) is 5.75 Å². The minimum absolute atomic E-state index is 0.196. The van der Waals surface area contributed by atoms with Gasteiger partial charge in [0.05, 0.1) is 5.57 Å². The molecule has 0 bridgehead atoms. The van der Waals surface area contributed by atoms with Crippen molar-refractivity contribution >= 4 is 5.91 Å². The molecule has 1 amide bonds. The summed E-state index contributed by atoms with van der Waals surface area (Å²) in [7, 11) is 1.60. The molecule has 26 heavy (non-hydrogen) atoms. The van der Waals surface area contributed by atoms with E-state index in [1.165, 1.54) is 0 Å². The quantitative estimate of drug-likeness (QED) is 0.704. The van der Waals surface area contributed by atoms with Crippen LogP contribution in [0, 0.1) is 0 Å². The molecule has 3 N–H and O–H groups in total. The van der Waals surface area contributed by atoms with Crippen LogP contribution in [0.4, 0.5) is 0 Å². The summed E-state index contributed by atoms with van der Waals surface area (Å²) in [5.41, 5.74) is 3.61. The number of amides is 1. The molecule has 5 nitrogen and oxygen atoms in total. The minimum atomic E-state index is -0.196. The maximum absolute atomic E-state index is 12.3. The van der Waals surface area contributed by atoms with Crippen LogP contribution >= 0.6 is 0 Å². The number of allylic oxidation sites excluding steroid dienone is 1. The Balaban J connectivity index is 2.34. The zero-order valence-corrected chi connectivity index (χ0v) is 15.7. The molecule has 0 saturated carbocycles. The first kappa shape index (κ1) is 19.4. The van der Waals surface area contributed by atoms with Crippen molar-refractivity contribution in [2.24, 2.45) is 0 Å². The van der Waals surface area contributed by atoms with E-state index in [0.29, 0.717) is 17.8 Å². The second-order valence-electron chi connectivity index (χ2n) is 6.40. The van der Waals surface area contributed by atoms with E-state index in [9.17, 15) is 9.90 Å². The van der Waals surface area contributed by atoms with E-state index in [4.69, 9.17) is 0 Å². The van der Waals surface area contributed by atoms with E-state index in [0.717, 1.165) is 23.3 Å². The van der Waals surface area contributed by atoms with Gasteiger partial charge in [-0.15, -0.1) is 0 Å². The third kappa shape index (κ3) is 4.57. The second kappa shape index (κ2) is 8.43. The Bertz CT molecular complexity index is 777. The number of phenolic OH excluding ortho intramolecular Hbond substituents is 1. The predicted molar refractivity (Wildman–Crippen MR) is 105 cm³/mol. The van der Waals surface area contributed by atoms with Gasteiger partial charge in [0.2, 0.25) is 0 Å². The number of carbonyl (C=O) groups is 1. The summed E-state index contributed by atoms with van der Waals surface area (Å²) in [5.74, 6) is 0.0112. The third-order valence-corrected chi connectivity index (χ3v) is 4.37. The molecule has 1 aromatic carbocycles. The number of nitrogens with zero attached hydrogens (tertiary/aromatic N) is 1. The number of phenols is 1. The summed E-state index contributed by atoms with van der Waals surface area (Å²) in [5, 5.41) is 15.7. The van der Waals surface area contributed by atoms with Crippen LogP contribution in [0.3, 0.4) is 0 Å². The van der Waals surface area contributed by atoms with Gasteiger partial charge < -0.3 is 20.6 Å². The highest BCUT2D eigenvalue weighted by molar-refractivity contribution is 5.98. The first-order valence-electron chi connectivity index (χ1n) is 8.71. The van der Waals surface area contributed by atoms with Gasteiger partial charge in [0.15, 0.2) is 0 Å². The smallest absolute Gasteiger partial charge is 0.253 e. The highest BCUT2D eigenvalue weighted by Crippen LogP contribution is 2.28. The average Bonchev–Trinajstić information content (AvgIpc) is 2.62. The predicted octanol–water partition coefficient (Wildman–Crippen LogP) is 3.18. The Kier molecular flexibility index (Phi) is 6.28. The molecule has 0 spiro atoms. The van der Waals surface area contributed by atoms with E-state index >= 15 is 0 Å². The topological polar surface area (TPSA) is 64.6 Å². The average molecular weight is 353 g/mol. The first-order chi connectivity index (χ1) is 12.3. The summed E-state index contributed by atoms with van der Waals surface area (Å²) in [6.45, 7) is 12.9. The lowest BCUT2D eigenvalue weighted by Gasteiger charge is -2.30. The summed E-state index contributed by atoms with van der Waals surface area (Å²) < 4.78 is 0. The van der Waals surface area contributed by atoms with Crippen molar-refractivity contribution < 1.29 is 9.90 Å². The highest BCUT2D eigenvalue weighted by atomic mass is 16.3. The Morgan fingerprint density at radius 2 is 2.12 bits per heavy atom. The van der Waals surface area contributed by atoms with E-state index in [-0.39, 0.29) is 17.7 Å². The normalized spacial score (nSPS) is 15.0. The fourth-order valence-corrected chi connectivity index (χ4v) is 2.65. The Morgan fingerprint density at radius 3 is 2.73 bits per heavy atom. The number of carbonyl (C=O) groups excluding carboxylic acids is 1. The summed E-state index contributed by atoms with van der Waals surface area (Å²) in [4.78, 5) is 14.2. The molecule has 5 heteroatoms. The van der Waals surface area contributed by atoms with Crippen LogP contribution in [0.5, 0.6) is 5.75 Å². The molecular weight excluding hydrogens is 326 g/mol. The van der Waals surface area contributed by atoms with Gasteiger partial charge >= 0.3 is 0 Å². The fraction of sp³-hybridized carbons (Fsp3) is 0.286. The number of nitrogens with one attached hydrogen (secondary N) is 2. The summed E-state index contributed by atoms with van der Waals surface area (Å²) >= 11 is 0. The van der Waals surface area contributed by atoms with Crippen LogP contribution in [0.25, 0.3) is 0 Å². The van der Waals surface area contributed by atoms with Crippen molar-refractivity contribution in [3.63, 3.8) is 0 Å². The van der Waals surface area contributed by atoms with Gasteiger partial charge in [-0.2, -0.15) is 0 Å². The molecule has 1 atom stereocenters. The van der Waals surface area contributed by atoms with Crippen LogP contribution in [-0.4, -0.2) is 29.0 Å². The van der Waals surface area contributed by atoms with Crippen LogP contribution in [-0.2, 0) is 11.3 Å². The van der Waals surface area contributed by atoms with E-state index in [2.05, 4.69) is 37.6 Å². The summed E-state index contributed by atoms with van der Waals surface area (Å²) in [6, 6.07) is 7.32. The van der Waals surface area contributed by atoms with E-state index in [1.54, 1.807) is 31.3 Å². The lowest BCUT2D eigenvalue weighted by molar-refractivity contribution is -0.116. The molecule has 0 aromatic heterocycles. The van der Waals surface area contributed by atoms with Crippen molar-refractivity contribution in [2.75, 3.05) is 7.05 Å². The standard InChI is InChI=1S/C21H27N3O2/c1-6-14(2)23-15(3)18-11-20(21(26)22-5)16(4)24(13-18)12-17-8-7-9-19(25)10-17/h7-11,13-14,23,25H,3-4,6,12H2,1-2,5H3,(H,22,26). The molecule has 1 heterocycles. The fourth-order valence-electron chi connectivity index (χ4n) is 2.65. The number of hydrogen-bond donors (Lipinski definition) is 3. The molecule has 0 aliphatic carbocycles. The van der Waals surface area contributed by atoms with Crippen LogP contribution in [0.2, 0.25) is 0 Å². The molecule has 1 aliphatic heterocycles. The number of hydrogen-bond acceptors (Lipinski definition) is 4. The third-order valence-electron chi connectivity index (χ3n) is 4.37. The van der Waals surface area contributed by atoms with Gasteiger partial charge in [-0.1, -0.05) is 32.2 Å². The molecule has 1 aliphatic rings.